The second-order valence-corrected chi connectivity index (χ2v) is 5.01. The number of phenolic OH excluding ortho intramolecular Hbond substituents is 1. The summed E-state index contributed by atoms with van der Waals surface area (Å²) in [7, 11) is 1.70. The van der Waals surface area contributed by atoms with Crippen molar-refractivity contribution in [3.63, 3.8) is 0 Å². The van der Waals surface area contributed by atoms with E-state index in [9.17, 15) is 5.11 Å². The Kier molecular flexibility index (Phi) is 4.64. The topological polar surface area (TPSA) is 41.5 Å². The average Bonchev–Trinajstić information content (AvgIpc) is 2.46. The van der Waals surface area contributed by atoms with Gasteiger partial charge >= 0.3 is 0 Å². The molecule has 2 aromatic carbocycles. The first-order valence-corrected chi connectivity index (χ1v) is 6.76. The molecule has 2 rings (SSSR count). The van der Waals surface area contributed by atoms with E-state index in [-0.39, 0.29) is 6.04 Å². The van der Waals surface area contributed by atoms with E-state index in [0.717, 1.165) is 23.4 Å². The van der Waals surface area contributed by atoms with Crippen molar-refractivity contribution >= 4 is 0 Å². The molecule has 0 aromatic heterocycles. The highest BCUT2D eigenvalue weighted by atomic mass is 16.5. The molecule has 0 aliphatic rings. The number of hydrogen-bond acceptors (Lipinski definition) is 3. The Morgan fingerprint density at radius 3 is 2.50 bits per heavy atom. The van der Waals surface area contributed by atoms with Gasteiger partial charge in [0.05, 0.1) is 7.11 Å². The zero-order chi connectivity index (χ0) is 14.5. The molecule has 0 amide bonds. The highest BCUT2D eigenvalue weighted by Crippen LogP contribution is 2.26. The molecule has 0 fully saturated rings. The standard InChI is InChI=1S/C17H21NO2/c1-12-4-9-17(20-3)16(10-12)13(2)18-11-14-5-7-15(19)8-6-14/h4-10,13,18-19H,11H2,1-3H3. The molecule has 0 radical (unpaired) electrons. The molecule has 2 aromatic rings. The number of phenols is 1. The van der Waals surface area contributed by atoms with Crippen molar-refractivity contribution in [3.05, 3.63) is 59.2 Å². The maximum absolute atomic E-state index is 9.27. The molecule has 3 nitrogen and oxygen atoms in total. The molecule has 0 saturated heterocycles. The number of aryl methyl sites for hydroxylation is 1. The van der Waals surface area contributed by atoms with E-state index in [2.05, 4.69) is 31.3 Å². The van der Waals surface area contributed by atoms with Crippen LogP contribution in [0.1, 0.15) is 29.7 Å². The molecule has 20 heavy (non-hydrogen) atoms. The zero-order valence-corrected chi connectivity index (χ0v) is 12.2. The largest absolute Gasteiger partial charge is 0.508 e. The van der Waals surface area contributed by atoms with Crippen LogP contribution in [0.5, 0.6) is 11.5 Å². The van der Waals surface area contributed by atoms with Gasteiger partial charge in [0.1, 0.15) is 11.5 Å². The predicted molar refractivity (Wildman–Crippen MR) is 81.1 cm³/mol. The Labute approximate surface area is 120 Å². The van der Waals surface area contributed by atoms with Crippen molar-refractivity contribution in [3.8, 4) is 11.5 Å². The second kappa shape index (κ2) is 6.44. The Balaban J connectivity index is 2.06. The lowest BCUT2D eigenvalue weighted by atomic mass is 10.0. The van der Waals surface area contributed by atoms with Gasteiger partial charge in [0.2, 0.25) is 0 Å². The molecule has 0 spiro atoms. The van der Waals surface area contributed by atoms with Gasteiger partial charge in [-0.3, -0.25) is 0 Å². The van der Waals surface area contributed by atoms with E-state index >= 15 is 0 Å². The minimum atomic E-state index is 0.193. The minimum Gasteiger partial charge on any atom is -0.508 e. The van der Waals surface area contributed by atoms with E-state index < -0.39 is 0 Å². The Morgan fingerprint density at radius 1 is 1.15 bits per heavy atom. The summed E-state index contributed by atoms with van der Waals surface area (Å²) in [5.74, 6) is 1.20. The fourth-order valence-corrected chi connectivity index (χ4v) is 2.19. The fraction of sp³-hybridized carbons (Fsp3) is 0.294. The van der Waals surface area contributed by atoms with Crippen molar-refractivity contribution < 1.29 is 9.84 Å². The smallest absolute Gasteiger partial charge is 0.123 e. The van der Waals surface area contributed by atoms with Crippen LogP contribution in [-0.4, -0.2) is 12.2 Å². The van der Waals surface area contributed by atoms with E-state index in [1.54, 1.807) is 19.2 Å². The van der Waals surface area contributed by atoms with Crippen molar-refractivity contribution in [2.75, 3.05) is 7.11 Å². The van der Waals surface area contributed by atoms with Crippen LogP contribution in [0.2, 0.25) is 0 Å². The molecule has 2 N–H and O–H groups in total. The van der Waals surface area contributed by atoms with E-state index in [4.69, 9.17) is 4.74 Å². The molecule has 0 saturated carbocycles. The Hall–Kier alpha value is -2.00. The Bertz CT molecular complexity index is 564. The highest BCUT2D eigenvalue weighted by molar-refractivity contribution is 5.39. The van der Waals surface area contributed by atoms with Crippen molar-refractivity contribution in [1.29, 1.82) is 0 Å². The van der Waals surface area contributed by atoms with Gasteiger partial charge in [0.25, 0.3) is 0 Å². The van der Waals surface area contributed by atoms with Gasteiger partial charge in [-0.25, -0.2) is 0 Å². The molecular formula is C17H21NO2. The molecule has 0 heterocycles. The summed E-state index contributed by atoms with van der Waals surface area (Å²) >= 11 is 0. The quantitative estimate of drug-likeness (QED) is 0.873. The van der Waals surface area contributed by atoms with Gasteiger partial charge in [-0.1, -0.05) is 29.8 Å². The van der Waals surface area contributed by atoms with Gasteiger partial charge in [-0.05, 0) is 37.6 Å². The lowest BCUT2D eigenvalue weighted by Crippen LogP contribution is -2.18. The summed E-state index contributed by atoms with van der Waals surface area (Å²) < 4.78 is 5.42. The van der Waals surface area contributed by atoms with Gasteiger partial charge in [0, 0.05) is 18.2 Å². The fourth-order valence-electron chi connectivity index (χ4n) is 2.19. The number of benzene rings is 2. The van der Waals surface area contributed by atoms with Crippen molar-refractivity contribution in [1.82, 2.24) is 5.32 Å². The maximum Gasteiger partial charge on any atom is 0.123 e. The third-order valence-electron chi connectivity index (χ3n) is 3.40. The predicted octanol–water partition coefficient (Wildman–Crippen LogP) is 3.56. The molecule has 1 atom stereocenters. The van der Waals surface area contributed by atoms with Crippen LogP contribution in [-0.2, 0) is 6.54 Å². The summed E-state index contributed by atoms with van der Waals surface area (Å²) in [4.78, 5) is 0. The normalized spacial score (nSPS) is 12.2. The highest BCUT2D eigenvalue weighted by Gasteiger charge is 2.11. The number of hydrogen-bond donors (Lipinski definition) is 2. The molecule has 0 aliphatic carbocycles. The van der Waals surface area contributed by atoms with Crippen LogP contribution >= 0.6 is 0 Å². The van der Waals surface area contributed by atoms with Crippen molar-refractivity contribution in [2.45, 2.75) is 26.4 Å². The molecule has 0 bridgehead atoms. The third-order valence-corrected chi connectivity index (χ3v) is 3.40. The summed E-state index contributed by atoms with van der Waals surface area (Å²) in [5, 5.41) is 12.7. The average molecular weight is 271 g/mol. The molecule has 3 heteroatoms. The zero-order valence-electron chi connectivity index (χ0n) is 12.2. The van der Waals surface area contributed by atoms with Crippen LogP contribution in [0.4, 0.5) is 0 Å². The molecule has 1 unspecified atom stereocenters. The number of ether oxygens (including phenoxy) is 1. The van der Waals surface area contributed by atoms with Gasteiger partial charge < -0.3 is 15.2 Å². The summed E-state index contributed by atoms with van der Waals surface area (Å²) in [6, 6.07) is 13.6. The lowest BCUT2D eigenvalue weighted by Gasteiger charge is -2.18. The van der Waals surface area contributed by atoms with Gasteiger partial charge in [-0.2, -0.15) is 0 Å². The van der Waals surface area contributed by atoms with E-state index in [1.165, 1.54) is 5.56 Å². The Morgan fingerprint density at radius 2 is 1.85 bits per heavy atom. The number of aromatic hydroxyl groups is 1. The molecule has 106 valence electrons. The molecular weight excluding hydrogens is 250 g/mol. The lowest BCUT2D eigenvalue weighted by molar-refractivity contribution is 0.401. The summed E-state index contributed by atoms with van der Waals surface area (Å²) in [6.07, 6.45) is 0. The second-order valence-electron chi connectivity index (χ2n) is 5.01. The molecule has 0 aliphatic heterocycles. The van der Waals surface area contributed by atoms with Crippen LogP contribution in [0, 0.1) is 6.92 Å². The van der Waals surface area contributed by atoms with E-state index in [0.29, 0.717) is 5.75 Å². The first kappa shape index (κ1) is 14.4. The van der Waals surface area contributed by atoms with Crippen LogP contribution in [0.3, 0.4) is 0 Å². The number of rotatable bonds is 5. The number of methoxy groups -OCH3 is 1. The van der Waals surface area contributed by atoms with Gasteiger partial charge in [0.15, 0.2) is 0 Å². The minimum absolute atomic E-state index is 0.193. The van der Waals surface area contributed by atoms with E-state index in [1.807, 2.05) is 18.2 Å². The van der Waals surface area contributed by atoms with Crippen LogP contribution in [0.15, 0.2) is 42.5 Å². The first-order valence-electron chi connectivity index (χ1n) is 6.76. The van der Waals surface area contributed by atoms with Gasteiger partial charge in [-0.15, -0.1) is 0 Å². The van der Waals surface area contributed by atoms with Crippen molar-refractivity contribution in [2.24, 2.45) is 0 Å². The summed E-state index contributed by atoms with van der Waals surface area (Å²) in [5.41, 5.74) is 3.52. The third kappa shape index (κ3) is 3.52. The monoisotopic (exact) mass is 271 g/mol. The number of nitrogens with one attached hydrogen (secondary N) is 1. The first-order chi connectivity index (χ1) is 9.60. The van der Waals surface area contributed by atoms with Crippen LogP contribution < -0.4 is 10.1 Å². The van der Waals surface area contributed by atoms with Crippen LogP contribution in [0.25, 0.3) is 0 Å². The SMILES string of the molecule is COc1ccc(C)cc1C(C)NCc1ccc(O)cc1. The summed E-state index contributed by atoms with van der Waals surface area (Å²) in [6.45, 7) is 4.95. The maximum atomic E-state index is 9.27.